The maximum absolute atomic E-state index is 12.9. The molecule has 1 amide bonds. The van der Waals surface area contributed by atoms with Crippen LogP contribution in [0.3, 0.4) is 0 Å². The van der Waals surface area contributed by atoms with Crippen molar-refractivity contribution in [1.29, 1.82) is 0 Å². The largest absolute Gasteiger partial charge is 0.497 e. The first-order chi connectivity index (χ1) is 14.1. The topological polar surface area (TPSA) is 54.5 Å². The first kappa shape index (κ1) is 20.0. The molecule has 1 N–H and O–H groups in total. The number of halogens is 1. The summed E-state index contributed by atoms with van der Waals surface area (Å²) in [5, 5.41) is 7.01. The number of rotatable bonds is 5. The minimum Gasteiger partial charge on any atom is -0.497 e. The van der Waals surface area contributed by atoms with E-state index in [-0.39, 0.29) is 5.91 Å². The maximum Gasteiger partial charge on any atom is 0.258 e. The molecule has 4 rings (SSSR count). The number of nitrogens with zero attached hydrogens (tertiary/aromatic N) is 2. The SMILES string of the molecule is COc1ccc(Nc2nc(/C=C3/SCCN3C(=O)c3ccc(Br)cc3)cs2)cc1. The van der Waals surface area contributed by atoms with E-state index in [9.17, 15) is 4.79 Å². The second-order valence-corrected chi connectivity index (χ2v) is 9.11. The van der Waals surface area contributed by atoms with Crippen molar-refractivity contribution in [2.45, 2.75) is 0 Å². The molecule has 0 unspecified atom stereocenters. The summed E-state index contributed by atoms with van der Waals surface area (Å²) in [6, 6.07) is 15.2. The van der Waals surface area contributed by atoms with Gasteiger partial charge in [-0.2, -0.15) is 0 Å². The molecular formula is C21H18BrN3O2S2. The summed E-state index contributed by atoms with van der Waals surface area (Å²) in [5.41, 5.74) is 2.47. The number of carbonyl (C=O) groups excluding carboxylic acids is 1. The van der Waals surface area contributed by atoms with Crippen LogP contribution in [0.15, 0.2) is 63.4 Å². The van der Waals surface area contributed by atoms with Gasteiger partial charge in [0, 0.05) is 33.4 Å². The molecule has 0 bridgehead atoms. The fraction of sp³-hybridized carbons (Fsp3) is 0.143. The molecule has 0 saturated carbocycles. The molecule has 1 saturated heterocycles. The van der Waals surface area contributed by atoms with Gasteiger partial charge < -0.3 is 15.0 Å². The summed E-state index contributed by atoms with van der Waals surface area (Å²) in [6.45, 7) is 0.701. The summed E-state index contributed by atoms with van der Waals surface area (Å²) in [7, 11) is 1.65. The number of amides is 1. The van der Waals surface area contributed by atoms with Crippen molar-refractivity contribution in [3.63, 3.8) is 0 Å². The minimum absolute atomic E-state index is 0.0144. The zero-order valence-corrected chi connectivity index (χ0v) is 18.8. The van der Waals surface area contributed by atoms with E-state index in [1.165, 1.54) is 11.3 Å². The summed E-state index contributed by atoms with van der Waals surface area (Å²) < 4.78 is 6.14. The molecule has 148 valence electrons. The van der Waals surface area contributed by atoms with Crippen molar-refractivity contribution >= 4 is 61.8 Å². The average Bonchev–Trinajstić information content (AvgIpc) is 3.38. The predicted octanol–water partition coefficient (Wildman–Crippen LogP) is 5.85. The van der Waals surface area contributed by atoms with Gasteiger partial charge in [0.05, 0.1) is 17.8 Å². The Morgan fingerprint density at radius 1 is 1.21 bits per heavy atom. The number of hydrogen-bond acceptors (Lipinski definition) is 6. The van der Waals surface area contributed by atoms with Crippen molar-refractivity contribution in [3.05, 3.63) is 74.7 Å². The number of thioether (sulfide) groups is 1. The number of methoxy groups -OCH3 is 1. The van der Waals surface area contributed by atoms with Crippen molar-refractivity contribution in [3.8, 4) is 5.75 Å². The van der Waals surface area contributed by atoms with Crippen molar-refractivity contribution < 1.29 is 9.53 Å². The zero-order valence-electron chi connectivity index (χ0n) is 15.6. The van der Waals surface area contributed by atoms with Crippen LogP contribution in [0.2, 0.25) is 0 Å². The first-order valence-electron chi connectivity index (χ1n) is 8.91. The highest BCUT2D eigenvalue weighted by molar-refractivity contribution is 9.10. The van der Waals surface area contributed by atoms with Crippen LogP contribution in [0.4, 0.5) is 10.8 Å². The van der Waals surface area contributed by atoms with Crippen LogP contribution in [0.5, 0.6) is 5.75 Å². The molecule has 3 aromatic rings. The van der Waals surface area contributed by atoms with Crippen LogP contribution < -0.4 is 10.1 Å². The molecule has 1 fully saturated rings. The molecule has 1 aliphatic rings. The van der Waals surface area contributed by atoms with Crippen molar-refractivity contribution in [2.75, 3.05) is 24.7 Å². The van der Waals surface area contributed by atoms with Crippen molar-refractivity contribution in [2.24, 2.45) is 0 Å². The zero-order chi connectivity index (χ0) is 20.2. The van der Waals surface area contributed by atoms with Gasteiger partial charge in [-0.25, -0.2) is 4.98 Å². The van der Waals surface area contributed by atoms with E-state index in [4.69, 9.17) is 4.74 Å². The highest BCUT2D eigenvalue weighted by atomic mass is 79.9. The average molecular weight is 488 g/mol. The molecule has 2 aromatic carbocycles. The minimum atomic E-state index is 0.0144. The number of ether oxygens (including phenoxy) is 1. The third-order valence-electron chi connectivity index (χ3n) is 4.30. The summed E-state index contributed by atoms with van der Waals surface area (Å²) >= 11 is 6.61. The Labute approximate surface area is 185 Å². The lowest BCUT2D eigenvalue weighted by molar-refractivity contribution is 0.0831. The summed E-state index contributed by atoms with van der Waals surface area (Å²) in [6.07, 6.45) is 1.98. The molecule has 8 heteroatoms. The third-order valence-corrected chi connectivity index (χ3v) is 6.63. The smallest absolute Gasteiger partial charge is 0.258 e. The molecule has 5 nitrogen and oxygen atoms in total. The quantitative estimate of drug-likeness (QED) is 0.489. The third kappa shape index (κ3) is 4.83. The Balaban J connectivity index is 1.48. The molecule has 1 aromatic heterocycles. The van der Waals surface area contributed by atoms with Crippen LogP contribution in [0.1, 0.15) is 16.1 Å². The number of aromatic nitrogens is 1. The summed E-state index contributed by atoms with van der Waals surface area (Å²) in [5.74, 6) is 1.71. The number of benzene rings is 2. The van der Waals surface area contributed by atoms with Gasteiger partial charge in [-0.15, -0.1) is 23.1 Å². The van der Waals surface area contributed by atoms with Crippen LogP contribution in [0.25, 0.3) is 6.08 Å². The molecule has 0 radical (unpaired) electrons. The van der Waals surface area contributed by atoms with Gasteiger partial charge in [-0.3, -0.25) is 4.79 Å². The Kier molecular flexibility index (Phi) is 6.22. The lowest BCUT2D eigenvalue weighted by Gasteiger charge is -2.16. The standard InChI is InChI=1S/C21H18BrN3O2S2/c1-27-18-8-6-16(7-9-18)23-21-24-17(13-29-21)12-19-25(10-11-28-19)20(26)14-2-4-15(22)5-3-14/h2-9,12-13H,10-11H2,1H3,(H,23,24)/b19-12+. The van der Waals surface area contributed by atoms with Gasteiger partial charge in [0.2, 0.25) is 0 Å². The first-order valence-corrected chi connectivity index (χ1v) is 11.6. The van der Waals surface area contributed by atoms with E-state index < -0.39 is 0 Å². The number of thiazole rings is 1. The van der Waals surface area contributed by atoms with E-state index in [0.29, 0.717) is 12.1 Å². The predicted molar refractivity (Wildman–Crippen MR) is 124 cm³/mol. The van der Waals surface area contributed by atoms with Crippen molar-refractivity contribution in [1.82, 2.24) is 9.88 Å². The van der Waals surface area contributed by atoms with E-state index in [1.807, 2.05) is 64.9 Å². The second-order valence-electron chi connectivity index (χ2n) is 6.23. The number of hydrogen-bond donors (Lipinski definition) is 1. The maximum atomic E-state index is 12.9. The monoisotopic (exact) mass is 487 g/mol. The van der Waals surface area contributed by atoms with E-state index in [0.717, 1.165) is 37.5 Å². The lowest BCUT2D eigenvalue weighted by Crippen LogP contribution is -2.26. The Bertz CT molecular complexity index is 1030. The number of carbonyl (C=O) groups is 1. The Morgan fingerprint density at radius 2 is 1.97 bits per heavy atom. The molecular weight excluding hydrogens is 470 g/mol. The molecule has 2 heterocycles. The summed E-state index contributed by atoms with van der Waals surface area (Å²) in [4.78, 5) is 19.3. The Hall–Kier alpha value is -2.29. The molecule has 29 heavy (non-hydrogen) atoms. The number of anilines is 2. The van der Waals surface area contributed by atoms with Crippen LogP contribution in [0, 0.1) is 0 Å². The lowest BCUT2D eigenvalue weighted by atomic mass is 10.2. The van der Waals surface area contributed by atoms with E-state index in [2.05, 4.69) is 26.2 Å². The Morgan fingerprint density at radius 3 is 2.69 bits per heavy atom. The van der Waals surface area contributed by atoms with Gasteiger partial charge in [0.15, 0.2) is 5.13 Å². The molecule has 0 aliphatic carbocycles. The molecule has 1 aliphatic heterocycles. The van der Waals surface area contributed by atoms with Gasteiger partial charge in [-0.1, -0.05) is 15.9 Å². The van der Waals surface area contributed by atoms with Crippen LogP contribution in [-0.4, -0.2) is 35.2 Å². The molecule has 0 spiro atoms. The fourth-order valence-corrected chi connectivity index (χ4v) is 4.80. The van der Waals surface area contributed by atoms with E-state index >= 15 is 0 Å². The van der Waals surface area contributed by atoms with Gasteiger partial charge in [0.25, 0.3) is 5.91 Å². The number of nitrogens with one attached hydrogen (secondary N) is 1. The van der Waals surface area contributed by atoms with E-state index in [1.54, 1.807) is 18.9 Å². The van der Waals surface area contributed by atoms with Crippen LogP contribution >= 0.6 is 39.0 Å². The molecule has 0 atom stereocenters. The normalized spacial score (nSPS) is 15.0. The second kappa shape index (κ2) is 9.02. The van der Waals surface area contributed by atoms with Gasteiger partial charge >= 0.3 is 0 Å². The fourth-order valence-electron chi connectivity index (χ4n) is 2.83. The van der Waals surface area contributed by atoms with Crippen LogP contribution in [-0.2, 0) is 0 Å². The highest BCUT2D eigenvalue weighted by Crippen LogP contribution is 2.32. The van der Waals surface area contributed by atoms with Gasteiger partial charge in [-0.05, 0) is 54.6 Å². The highest BCUT2D eigenvalue weighted by Gasteiger charge is 2.25. The van der Waals surface area contributed by atoms with Gasteiger partial charge in [0.1, 0.15) is 5.75 Å².